The second kappa shape index (κ2) is 8.76. The lowest BCUT2D eigenvalue weighted by Crippen LogP contribution is -2.26. The van der Waals surface area contributed by atoms with Gasteiger partial charge in [-0.05, 0) is 36.2 Å². The van der Waals surface area contributed by atoms with Gasteiger partial charge in [0.15, 0.2) is 0 Å². The molecule has 0 aliphatic carbocycles. The van der Waals surface area contributed by atoms with Gasteiger partial charge in [0, 0.05) is 24.8 Å². The van der Waals surface area contributed by atoms with Crippen molar-refractivity contribution in [2.45, 2.75) is 26.3 Å². The zero-order valence-corrected chi connectivity index (χ0v) is 13.5. The van der Waals surface area contributed by atoms with Crippen LogP contribution in [0.2, 0.25) is 0 Å². The lowest BCUT2D eigenvalue weighted by Gasteiger charge is -2.07. The summed E-state index contributed by atoms with van der Waals surface area (Å²) in [7, 11) is 0. The van der Waals surface area contributed by atoms with Gasteiger partial charge in [-0.1, -0.05) is 25.5 Å². The van der Waals surface area contributed by atoms with E-state index in [-0.39, 0.29) is 29.9 Å². The van der Waals surface area contributed by atoms with Crippen LogP contribution >= 0.6 is 0 Å². The Hall–Kier alpha value is -2.76. The maximum Gasteiger partial charge on any atom is 0.270 e. The van der Waals surface area contributed by atoms with E-state index in [2.05, 4.69) is 15.6 Å². The molecule has 1 aromatic carbocycles. The van der Waals surface area contributed by atoms with Crippen molar-refractivity contribution in [3.8, 4) is 0 Å². The number of carbonyl (C=O) groups excluding carboxylic acids is 2. The summed E-state index contributed by atoms with van der Waals surface area (Å²) in [4.78, 5) is 28.1. The van der Waals surface area contributed by atoms with Crippen molar-refractivity contribution in [1.82, 2.24) is 15.6 Å². The minimum atomic E-state index is -0.387. The van der Waals surface area contributed by atoms with Gasteiger partial charge in [0.2, 0.25) is 0 Å². The molecule has 0 bridgehead atoms. The Morgan fingerprint density at radius 2 is 1.83 bits per heavy atom. The number of carbonyl (C=O) groups is 2. The van der Waals surface area contributed by atoms with E-state index < -0.39 is 0 Å². The van der Waals surface area contributed by atoms with Gasteiger partial charge < -0.3 is 10.6 Å². The number of nitrogens with zero attached hydrogens (tertiary/aromatic N) is 1. The molecule has 24 heavy (non-hydrogen) atoms. The first kappa shape index (κ1) is 17.6. The normalized spacial score (nSPS) is 10.2. The zero-order chi connectivity index (χ0) is 17.4. The minimum absolute atomic E-state index is 0.167. The molecule has 0 fully saturated rings. The Balaban J connectivity index is 1.95. The van der Waals surface area contributed by atoms with E-state index in [4.69, 9.17) is 0 Å². The summed E-state index contributed by atoms with van der Waals surface area (Å²) in [6.45, 7) is 2.90. The summed E-state index contributed by atoms with van der Waals surface area (Å²) in [5.41, 5.74) is 1.34. The third-order valence-corrected chi connectivity index (χ3v) is 3.44. The highest BCUT2D eigenvalue weighted by molar-refractivity contribution is 5.98. The van der Waals surface area contributed by atoms with Gasteiger partial charge >= 0.3 is 0 Å². The van der Waals surface area contributed by atoms with Crippen LogP contribution in [0.1, 0.15) is 46.2 Å². The number of rotatable bonds is 7. The molecule has 5 nitrogen and oxygen atoms in total. The molecule has 0 spiro atoms. The van der Waals surface area contributed by atoms with Gasteiger partial charge in [0.05, 0.1) is 0 Å². The minimum Gasteiger partial charge on any atom is -0.352 e. The molecule has 0 aliphatic heterocycles. The topological polar surface area (TPSA) is 71.1 Å². The van der Waals surface area contributed by atoms with Gasteiger partial charge in [-0.3, -0.25) is 14.6 Å². The number of hydrogen-bond donors (Lipinski definition) is 2. The summed E-state index contributed by atoms with van der Waals surface area (Å²) < 4.78 is 12.8. The van der Waals surface area contributed by atoms with E-state index in [1.807, 2.05) is 6.92 Å². The molecule has 0 aliphatic rings. The van der Waals surface area contributed by atoms with Crippen LogP contribution in [-0.4, -0.2) is 23.3 Å². The summed E-state index contributed by atoms with van der Waals surface area (Å²) in [5, 5.41) is 5.49. The van der Waals surface area contributed by atoms with Crippen LogP contribution in [-0.2, 0) is 6.54 Å². The lowest BCUT2D eigenvalue weighted by molar-refractivity contribution is 0.0946. The van der Waals surface area contributed by atoms with Crippen LogP contribution in [0.15, 0.2) is 42.6 Å². The molecule has 0 unspecified atom stereocenters. The van der Waals surface area contributed by atoms with Crippen molar-refractivity contribution in [2.24, 2.45) is 0 Å². The number of hydrogen-bond acceptors (Lipinski definition) is 3. The Labute approximate surface area is 140 Å². The molecule has 126 valence electrons. The maximum atomic E-state index is 12.8. The predicted octanol–water partition coefficient (Wildman–Crippen LogP) is 2.68. The highest BCUT2D eigenvalue weighted by Gasteiger charge is 2.11. The van der Waals surface area contributed by atoms with Crippen LogP contribution in [0.5, 0.6) is 0 Å². The van der Waals surface area contributed by atoms with E-state index in [1.54, 1.807) is 18.2 Å². The Morgan fingerprint density at radius 3 is 2.54 bits per heavy atom. The van der Waals surface area contributed by atoms with E-state index in [1.165, 1.54) is 24.4 Å². The van der Waals surface area contributed by atoms with Crippen molar-refractivity contribution < 1.29 is 14.0 Å². The van der Waals surface area contributed by atoms with Crippen molar-refractivity contribution in [3.63, 3.8) is 0 Å². The molecular weight excluding hydrogens is 309 g/mol. The molecule has 1 aromatic heterocycles. The first-order valence-electron chi connectivity index (χ1n) is 7.87. The second-order valence-corrected chi connectivity index (χ2v) is 5.35. The molecule has 6 heteroatoms. The van der Waals surface area contributed by atoms with Crippen LogP contribution < -0.4 is 10.6 Å². The highest BCUT2D eigenvalue weighted by Crippen LogP contribution is 2.05. The van der Waals surface area contributed by atoms with Crippen LogP contribution in [0.4, 0.5) is 4.39 Å². The Kier molecular flexibility index (Phi) is 6.42. The summed E-state index contributed by atoms with van der Waals surface area (Å²) >= 11 is 0. The molecule has 0 saturated heterocycles. The fraction of sp³-hybridized carbons (Fsp3) is 0.278. The zero-order valence-electron chi connectivity index (χ0n) is 13.5. The largest absolute Gasteiger partial charge is 0.352 e. The van der Waals surface area contributed by atoms with E-state index in [0.29, 0.717) is 12.1 Å². The lowest BCUT2D eigenvalue weighted by atomic mass is 10.2. The maximum absolute atomic E-state index is 12.8. The van der Waals surface area contributed by atoms with Gasteiger partial charge in [-0.25, -0.2) is 4.39 Å². The molecule has 0 atom stereocenters. The van der Waals surface area contributed by atoms with Crippen molar-refractivity contribution in [2.75, 3.05) is 6.54 Å². The van der Waals surface area contributed by atoms with Gasteiger partial charge in [0.1, 0.15) is 11.5 Å². The number of nitrogens with one attached hydrogen (secondary N) is 2. The fourth-order valence-electron chi connectivity index (χ4n) is 2.05. The van der Waals surface area contributed by atoms with Gasteiger partial charge in [-0.15, -0.1) is 0 Å². The van der Waals surface area contributed by atoms with Crippen LogP contribution in [0, 0.1) is 5.82 Å². The number of unbranched alkanes of at least 4 members (excludes halogenated alkanes) is 1. The van der Waals surface area contributed by atoms with Crippen LogP contribution in [0.3, 0.4) is 0 Å². The molecular formula is C18H20FN3O2. The SMILES string of the molecule is CCCCNC(=O)c1ccnc(C(=O)NCc2ccc(F)cc2)c1. The monoisotopic (exact) mass is 329 g/mol. The summed E-state index contributed by atoms with van der Waals surface area (Å²) in [6.07, 6.45) is 3.33. The Morgan fingerprint density at radius 1 is 1.08 bits per heavy atom. The van der Waals surface area contributed by atoms with Crippen molar-refractivity contribution in [3.05, 3.63) is 65.2 Å². The smallest absolute Gasteiger partial charge is 0.270 e. The summed E-state index contributed by atoms with van der Waals surface area (Å²) in [5.74, 6) is -0.936. The van der Waals surface area contributed by atoms with E-state index in [0.717, 1.165) is 18.4 Å². The number of halogens is 1. The first-order valence-corrected chi connectivity index (χ1v) is 7.87. The Bertz CT molecular complexity index is 702. The van der Waals surface area contributed by atoms with Gasteiger partial charge in [-0.2, -0.15) is 0 Å². The quantitative estimate of drug-likeness (QED) is 0.767. The molecule has 2 aromatic rings. The molecule has 2 N–H and O–H groups in total. The number of aromatic nitrogens is 1. The second-order valence-electron chi connectivity index (χ2n) is 5.35. The van der Waals surface area contributed by atoms with Crippen molar-refractivity contribution in [1.29, 1.82) is 0 Å². The summed E-state index contributed by atoms with van der Waals surface area (Å²) in [6, 6.07) is 8.89. The molecule has 1 heterocycles. The first-order chi connectivity index (χ1) is 11.6. The fourth-order valence-corrected chi connectivity index (χ4v) is 2.05. The molecule has 0 saturated carbocycles. The van der Waals surface area contributed by atoms with Crippen molar-refractivity contribution >= 4 is 11.8 Å². The van der Waals surface area contributed by atoms with E-state index >= 15 is 0 Å². The number of benzene rings is 1. The standard InChI is InChI=1S/C18H20FN3O2/c1-2-3-9-21-17(23)14-8-10-20-16(11-14)18(24)22-12-13-4-6-15(19)7-5-13/h4-8,10-11H,2-3,9,12H2,1H3,(H,21,23)(H,22,24). The van der Waals surface area contributed by atoms with E-state index in [9.17, 15) is 14.0 Å². The average molecular weight is 329 g/mol. The molecule has 0 radical (unpaired) electrons. The molecule has 2 amide bonds. The number of amides is 2. The molecule has 2 rings (SSSR count). The average Bonchev–Trinajstić information content (AvgIpc) is 2.61. The van der Waals surface area contributed by atoms with Crippen LogP contribution in [0.25, 0.3) is 0 Å². The number of pyridine rings is 1. The highest BCUT2D eigenvalue weighted by atomic mass is 19.1. The van der Waals surface area contributed by atoms with Gasteiger partial charge in [0.25, 0.3) is 11.8 Å². The third kappa shape index (κ3) is 5.15. The predicted molar refractivity (Wildman–Crippen MR) is 89.0 cm³/mol. The third-order valence-electron chi connectivity index (χ3n) is 3.44.